The van der Waals surface area contributed by atoms with Gasteiger partial charge in [0.15, 0.2) is 0 Å². The number of para-hydroxylation sites is 2. The lowest BCUT2D eigenvalue weighted by Gasteiger charge is -2.12. The molecule has 1 aromatic carbocycles. The minimum atomic E-state index is 0.120. The molecule has 2 aromatic heterocycles. The lowest BCUT2D eigenvalue weighted by atomic mass is 10.3. The summed E-state index contributed by atoms with van der Waals surface area (Å²) in [6, 6.07) is 8.28. The zero-order valence-corrected chi connectivity index (χ0v) is 12.8. The number of nitrogens with zero attached hydrogens (tertiary/aromatic N) is 3. The largest absolute Gasteiger partial charge is 0.444 e. The summed E-state index contributed by atoms with van der Waals surface area (Å²) in [6.45, 7) is 6.58. The number of oxazole rings is 1. The molecule has 0 amide bonds. The summed E-state index contributed by atoms with van der Waals surface area (Å²) in [5, 5.41) is 3.42. The van der Waals surface area contributed by atoms with E-state index < -0.39 is 0 Å². The molecule has 1 unspecified atom stereocenters. The fraction of sp³-hybridized carbons (Fsp3) is 0.375. The summed E-state index contributed by atoms with van der Waals surface area (Å²) in [5.74, 6) is 2.61. The first-order valence-corrected chi connectivity index (χ1v) is 7.14. The number of benzene rings is 1. The molecule has 21 heavy (non-hydrogen) atoms. The van der Waals surface area contributed by atoms with E-state index in [4.69, 9.17) is 9.40 Å². The van der Waals surface area contributed by atoms with E-state index in [0.29, 0.717) is 6.54 Å². The van der Waals surface area contributed by atoms with Crippen LogP contribution in [-0.2, 0) is 13.6 Å². The smallest absolute Gasteiger partial charge is 0.208 e. The van der Waals surface area contributed by atoms with Gasteiger partial charge in [0.25, 0.3) is 0 Å². The lowest BCUT2D eigenvalue weighted by molar-refractivity contribution is 0.424. The number of rotatable bonds is 4. The zero-order valence-electron chi connectivity index (χ0n) is 12.8. The fourth-order valence-electron chi connectivity index (χ4n) is 2.50. The molecule has 0 aliphatic heterocycles. The molecule has 0 aliphatic rings. The Bertz CT molecular complexity index is 752. The first kappa shape index (κ1) is 13.8. The molecule has 0 saturated carbocycles. The van der Waals surface area contributed by atoms with Crippen molar-refractivity contribution >= 4 is 11.0 Å². The first-order valence-electron chi connectivity index (χ1n) is 7.14. The molecule has 5 heteroatoms. The summed E-state index contributed by atoms with van der Waals surface area (Å²) in [7, 11) is 2.04. The SMILES string of the molecule is Cc1nc(CNC(C)c2nc3ccccc3n2C)oc1C. The van der Waals surface area contributed by atoms with Crippen molar-refractivity contribution in [1.82, 2.24) is 19.9 Å². The topological polar surface area (TPSA) is 55.9 Å². The molecule has 3 aromatic rings. The van der Waals surface area contributed by atoms with Crippen LogP contribution in [0.15, 0.2) is 28.7 Å². The van der Waals surface area contributed by atoms with Crippen LogP contribution in [0.25, 0.3) is 11.0 Å². The number of fused-ring (bicyclic) bond motifs is 1. The van der Waals surface area contributed by atoms with E-state index in [1.807, 2.05) is 39.1 Å². The molecule has 0 aliphatic carbocycles. The van der Waals surface area contributed by atoms with Gasteiger partial charge in [0.2, 0.25) is 5.89 Å². The number of imidazole rings is 1. The van der Waals surface area contributed by atoms with Crippen LogP contribution in [0.1, 0.15) is 36.1 Å². The van der Waals surface area contributed by atoms with Crippen molar-refractivity contribution in [2.75, 3.05) is 0 Å². The Morgan fingerprint density at radius 2 is 2.00 bits per heavy atom. The summed E-state index contributed by atoms with van der Waals surface area (Å²) >= 11 is 0. The molecular weight excluding hydrogens is 264 g/mol. The van der Waals surface area contributed by atoms with Gasteiger partial charge in [0.1, 0.15) is 11.6 Å². The molecule has 0 saturated heterocycles. The van der Waals surface area contributed by atoms with Gasteiger partial charge < -0.3 is 8.98 Å². The van der Waals surface area contributed by atoms with Gasteiger partial charge in [-0.2, -0.15) is 0 Å². The Labute approximate surface area is 124 Å². The summed E-state index contributed by atoms with van der Waals surface area (Å²) in [6.07, 6.45) is 0. The van der Waals surface area contributed by atoms with Crippen molar-refractivity contribution in [3.63, 3.8) is 0 Å². The monoisotopic (exact) mass is 284 g/mol. The third-order valence-corrected chi connectivity index (χ3v) is 3.84. The Morgan fingerprint density at radius 1 is 1.24 bits per heavy atom. The molecule has 0 radical (unpaired) electrons. The van der Waals surface area contributed by atoms with Crippen LogP contribution in [0.2, 0.25) is 0 Å². The highest BCUT2D eigenvalue weighted by atomic mass is 16.4. The van der Waals surface area contributed by atoms with Gasteiger partial charge in [0.05, 0.1) is 29.3 Å². The third kappa shape index (κ3) is 2.56. The van der Waals surface area contributed by atoms with Gasteiger partial charge in [-0.05, 0) is 32.9 Å². The van der Waals surface area contributed by atoms with Crippen LogP contribution in [0.4, 0.5) is 0 Å². The minimum absolute atomic E-state index is 0.120. The van der Waals surface area contributed by atoms with Crippen molar-refractivity contribution < 1.29 is 4.42 Å². The van der Waals surface area contributed by atoms with Crippen LogP contribution in [0, 0.1) is 13.8 Å². The summed E-state index contributed by atoms with van der Waals surface area (Å²) in [5.41, 5.74) is 3.11. The maximum absolute atomic E-state index is 5.59. The fourth-order valence-corrected chi connectivity index (χ4v) is 2.50. The molecule has 2 heterocycles. The third-order valence-electron chi connectivity index (χ3n) is 3.84. The van der Waals surface area contributed by atoms with Gasteiger partial charge in [-0.15, -0.1) is 0 Å². The van der Waals surface area contributed by atoms with Gasteiger partial charge in [-0.3, -0.25) is 5.32 Å². The van der Waals surface area contributed by atoms with Crippen LogP contribution >= 0.6 is 0 Å². The quantitative estimate of drug-likeness (QED) is 0.800. The average Bonchev–Trinajstić information content (AvgIpc) is 2.98. The van der Waals surface area contributed by atoms with Crippen molar-refractivity contribution in [2.45, 2.75) is 33.4 Å². The van der Waals surface area contributed by atoms with E-state index in [1.165, 1.54) is 0 Å². The Hall–Kier alpha value is -2.14. The molecule has 110 valence electrons. The number of aryl methyl sites for hydroxylation is 3. The maximum Gasteiger partial charge on any atom is 0.208 e. The second-order valence-electron chi connectivity index (χ2n) is 5.37. The Kier molecular flexibility index (Phi) is 3.51. The van der Waals surface area contributed by atoms with Crippen molar-refractivity contribution in [1.29, 1.82) is 0 Å². The van der Waals surface area contributed by atoms with Crippen molar-refractivity contribution in [3.05, 3.63) is 47.4 Å². The van der Waals surface area contributed by atoms with Gasteiger partial charge in [-0.25, -0.2) is 9.97 Å². The van der Waals surface area contributed by atoms with E-state index in [1.54, 1.807) is 0 Å². The number of hydrogen-bond acceptors (Lipinski definition) is 4. The molecule has 0 fully saturated rings. The Balaban J connectivity index is 1.77. The van der Waals surface area contributed by atoms with Crippen LogP contribution in [0.5, 0.6) is 0 Å². The molecule has 0 bridgehead atoms. The highest BCUT2D eigenvalue weighted by Gasteiger charge is 2.15. The lowest BCUT2D eigenvalue weighted by Crippen LogP contribution is -2.21. The predicted octanol–water partition coefficient (Wildman–Crippen LogP) is 3.03. The van der Waals surface area contributed by atoms with Crippen LogP contribution in [-0.4, -0.2) is 14.5 Å². The van der Waals surface area contributed by atoms with Gasteiger partial charge in [-0.1, -0.05) is 12.1 Å². The molecule has 1 N–H and O–H groups in total. The van der Waals surface area contributed by atoms with Crippen molar-refractivity contribution in [3.8, 4) is 0 Å². The average molecular weight is 284 g/mol. The normalized spacial score (nSPS) is 13.0. The van der Waals surface area contributed by atoms with Gasteiger partial charge in [0, 0.05) is 7.05 Å². The predicted molar refractivity (Wildman–Crippen MR) is 81.9 cm³/mol. The zero-order chi connectivity index (χ0) is 15.0. The maximum atomic E-state index is 5.59. The second-order valence-corrected chi connectivity index (χ2v) is 5.37. The first-order chi connectivity index (χ1) is 10.1. The minimum Gasteiger partial charge on any atom is -0.444 e. The Morgan fingerprint density at radius 3 is 2.67 bits per heavy atom. The molecule has 5 nitrogen and oxygen atoms in total. The van der Waals surface area contributed by atoms with Gasteiger partial charge >= 0.3 is 0 Å². The summed E-state index contributed by atoms with van der Waals surface area (Å²) in [4.78, 5) is 9.08. The van der Waals surface area contributed by atoms with E-state index in [0.717, 1.165) is 34.2 Å². The highest BCUT2D eigenvalue weighted by Crippen LogP contribution is 2.19. The van der Waals surface area contributed by atoms with E-state index >= 15 is 0 Å². The number of nitrogens with one attached hydrogen (secondary N) is 1. The van der Waals surface area contributed by atoms with E-state index in [2.05, 4.69) is 27.9 Å². The van der Waals surface area contributed by atoms with E-state index in [9.17, 15) is 0 Å². The van der Waals surface area contributed by atoms with Crippen LogP contribution < -0.4 is 5.32 Å². The molecule has 0 spiro atoms. The molecular formula is C16H20N4O. The highest BCUT2D eigenvalue weighted by molar-refractivity contribution is 5.75. The van der Waals surface area contributed by atoms with Crippen LogP contribution in [0.3, 0.4) is 0 Å². The number of hydrogen-bond donors (Lipinski definition) is 1. The molecule has 3 rings (SSSR count). The second kappa shape index (κ2) is 5.33. The standard InChI is InChI=1S/C16H20N4O/c1-10-12(3)21-15(18-10)9-17-11(2)16-19-13-7-5-6-8-14(13)20(16)4/h5-8,11,17H,9H2,1-4H3. The number of aromatic nitrogens is 3. The summed E-state index contributed by atoms with van der Waals surface area (Å²) < 4.78 is 7.71. The van der Waals surface area contributed by atoms with E-state index in [-0.39, 0.29) is 6.04 Å². The van der Waals surface area contributed by atoms with Crippen molar-refractivity contribution in [2.24, 2.45) is 7.05 Å². The molecule has 1 atom stereocenters.